The van der Waals surface area contributed by atoms with Crippen molar-refractivity contribution in [3.63, 3.8) is 0 Å². The van der Waals surface area contributed by atoms with Crippen LogP contribution in [-0.2, 0) is 11.3 Å². The Morgan fingerprint density at radius 2 is 1.96 bits per heavy atom. The van der Waals surface area contributed by atoms with E-state index in [2.05, 4.69) is 36.2 Å². The highest BCUT2D eigenvalue weighted by Gasteiger charge is 2.12. The van der Waals surface area contributed by atoms with Crippen molar-refractivity contribution in [1.82, 2.24) is 10.2 Å². The number of halogens is 1. The van der Waals surface area contributed by atoms with Crippen molar-refractivity contribution in [2.75, 3.05) is 12.4 Å². The van der Waals surface area contributed by atoms with Gasteiger partial charge < -0.3 is 18.3 Å². The summed E-state index contributed by atoms with van der Waals surface area (Å²) in [5.41, 5.74) is 0.595. The number of nitrogens with one attached hydrogen (secondary N) is 1. The van der Waals surface area contributed by atoms with Crippen LogP contribution in [0, 0.1) is 0 Å². The van der Waals surface area contributed by atoms with Gasteiger partial charge in [-0.2, -0.15) is 0 Å². The highest BCUT2D eigenvalue weighted by atomic mass is 79.9. The lowest BCUT2D eigenvalue weighted by Gasteiger charge is -2.06. The van der Waals surface area contributed by atoms with Crippen LogP contribution >= 0.6 is 15.9 Å². The van der Waals surface area contributed by atoms with Crippen LogP contribution in [0.3, 0.4) is 0 Å². The van der Waals surface area contributed by atoms with Crippen molar-refractivity contribution in [3.05, 3.63) is 47.0 Å². The lowest BCUT2D eigenvalue weighted by molar-refractivity contribution is 0.187. The van der Waals surface area contributed by atoms with Gasteiger partial charge in [-0.05, 0) is 52.3 Å². The third kappa shape index (κ3) is 3.93. The molecule has 124 valence electrons. The SMILES string of the molecule is COC(=O)Nc1ccc(OCc2nnc(-c3ccc(Br)o3)o2)cc1. The molecule has 0 radical (unpaired) electrons. The average Bonchev–Trinajstić information content (AvgIpc) is 3.23. The molecule has 0 spiro atoms. The van der Waals surface area contributed by atoms with Crippen LogP contribution in [0.4, 0.5) is 10.5 Å². The summed E-state index contributed by atoms with van der Waals surface area (Å²) in [7, 11) is 1.30. The van der Waals surface area contributed by atoms with Crippen LogP contribution in [0.1, 0.15) is 5.89 Å². The number of carbonyl (C=O) groups is 1. The lowest BCUT2D eigenvalue weighted by atomic mass is 10.3. The summed E-state index contributed by atoms with van der Waals surface area (Å²) in [5.74, 6) is 1.65. The molecule has 0 aliphatic heterocycles. The number of benzene rings is 1. The smallest absolute Gasteiger partial charge is 0.411 e. The van der Waals surface area contributed by atoms with Crippen molar-refractivity contribution in [3.8, 4) is 17.4 Å². The summed E-state index contributed by atoms with van der Waals surface area (Å²) in [6.07, 6.45) is -0.536. The molecule has 0 saturated carbocycles. The Labute approximate surface area is 144 Å². The number of aromatic nitrogens is 2. The lowest BCUT2D eigenvalue weighted by Crippen LogP contribution is -2.10. The number of rotatable bonds is 5. The van der Waals surface area contributed by atoms with E-state index in [1.807, 2.05) is 0 Å². The summed E-state index contributed by atoms with van der Waals surface area (Å²) in [6, 6.07) is 10.2. The molecule has 1 amide bonds. The molecule has 0 aliphatic rings. The van der Waals surface area contributed by atoms with E-state index in [1.165, 1.54) is 7.11 Å². The molecule has 1 aromatic carbocycles. The second-order valence-corrected chi connectivity index (χ2v) is 5.32. The molecule has 1 N–H and O–H groups in total. The summed E-state index contributed by atoms with van der Waals surface area (Å²) in [6.45, 7) is 0.110. The van der Waals surface area contributed by atoms with E-state index in [4.69, 9.17) is 13.6 Å². The Bertz CT molecular complexity index is 828. The Balaban J connectivity index is 1.58. The van der Waals surface area contributed by atoms with Crippen molar-refractivity contribution < 1.29 is 23.1 Å². The van der Waals surface area contributed by atoms with Crippen molar-refractivity contribution in [1.29, 1.82) is 0 Å². The van der Waals surface area contributed by atoms with Gasteiger partial charge in [0.15, 0.2) is 17.0 Å². The topological polar surface area (TPSA) is 99.6 Å². The fourth-order valence-corrected chi connectivity index (χ4v) is 2.10. The molecule has 2 heterocycles. The molecule has 3 rings (SSSR count). The van der Waals surface area contributed by atoms with Gasteiger partial charge in [-0.25, -0.2) is 4.79 Å². The Morgan fingerprint density at radius 1 is 1.17 bits per heavy atom. The molecule has 0 bridgehead atoms. The van der Waals surface area contributed by atoms with E-state index >= 15 is 0 Å². The molecular weight excluding hydrogens is 382 g/mol. The minimum Gasteiger partial charge on any atom is -0.484 e. The minimum absolute atomic E-state index is 0.110. The number of nitrogens with zero attached hydrogens (tertiary/aromatic N) is 2. The molecule has 2 aromatic heterocycles. The van der Waals surface area contributed by atoms with Crippen LogP contribution in [-0.4, -0.2) is 23.4 Å². The zero-order chi connectivity index (χ0) is 16.9. The molecule has 0 atom stereocenters. The molecule has 8 nitrogen and oxygen atoms in total. The Hall–Kier alpha value is -2.81. The van der Waals surface area contributed by atoms with Gasteiger partial charge in [-0.1, -0.05) is 0 Å². The predicted octanol–water partition coefficient (Wildman–Crippen LogP) is 3.85. The van der Waals surface area contributed by atoms with E-state index in [1.54, 1.807) is 36.4 Å². The van der Waals surface area contributed by atoms with Gasteiger partial charge in [0.1, 0.15) is 5.75 Å². The number of hydrogen-bond donors (Lipinski definition) is 1. The molecule has 0 unspecified atom stereocenters. The number of anilines is 1. The first-order valence-electron chi connectivity index (χ1n) is 6.80. The third-order valence-corrected chi connectivity index (χ3v) is 3.33. The Morgan fingerprint density at radius 3 is 2.62 bits per heavy atom. The maximum absolute atomic E-state index is 11.1. The minimum atomic E-state index is -0.536. The van der Waals surface area contributed by atoms with E-state index < -0.39 is 6.09 Å². The molecule has 24 heavy (non-hydrogen) atoms. The Kier molecular flexibility index (Phi) is 4.80. The predicted molar refractivity (Wildman–Crippen MR) is 86.5 cm³/mol. The first-order valence-corrected chi connectivity index (χ1v) is 7.59. The van der Waals surface area contributed by atoms with Gasteiger partial charge in [-0.15, -0.1) is 10.2 Å². The molecule has 0 fully saturated rings. The van der Waals surface area contributed by atoms with Crippen molar-refractivity contribution >= 4 is 27.7 Å². The number of carbonyl (C=O) groups excluding carboxylic acids is 1. The molecular formula is C15H12BrN3O5. The summed E-state index contributed by atoms with van der Waals surface area (Å²) in [4.78, 5) is 11.1. The van der Waals surface area contributed by atoms with E-state index in [0.717, 1.165) is 0 Å². The molecule has 0 saturated heterocycles. The first-order chi connectivity index (χ1) is 11.6. The summed E-state index contributed by atoms with van der Waals surface area (Å²) >= 11 is 3.21. The van der Waals surface area contributed by atoms with Crippen molar-refractivity contribution in [2.24, 2.45) is 0 Å². The molecule has 3 aromatic rings. The second kappa shape index (κ2) is 7.18. The number of methoxy groups -OCH3 is 1. The van der Waals surface area contributed by atoms with Gasteiger partial charge in [0.2, 0.25) is 0 Å². The third-order valence-electron chi connectivity index (χ3n) is 2.90. The summed E-state index contributed by atoms with van der Waals surface area (Å²) in [5, 5.41) is 10.3. The van der Waals surface area contributed by atoms with E-state index in [9.17, 15) is 4.79 Å². The van der Waals surface area contributed by atoms with Gasteiger partial charge in [-0.3, -0.25) is 5.32 Å². The van der Waals surface area contributed by atoms with Crippen molar-refractivity contribution in [2.45, 2.75) is 6.61 Å². The molecule has 0 aliphatic carbocycles. The van der Waals surface area contributed by atoms with Crippen LogP contribution < -0.4 is 10.1 Å². The van der Waals surface area contributed by atoms with Crippen LogP contribution in [0.15, 0.2) is 49.9 Å². The maximum Gasteiger partial charge on any atom is 0.411 e. The number of hydrogen-bond acceptors (Lipinski definition) is 7. The zero-order valence-electron chi connectivity index (χ0n) is 12.5. The maximum atomic E-state index is 11.1. The fraction of sp³-hybridized carbons (Fsp3) is 0.133. The highest BCUT2D eigenvalue weighted by Crippen LogP contribution is 2.24. The van der Waals surface area contributed by atoms with E-state index in [-0.39, 0.29) is 12.5 Å². The van der Waals surface area contributed by atoms with Crippen LogP contribution in [0.25, 0.3) is 11.7 Å². The highest BCUT2D eigenvalue weighted by molar-refractivity contribution is 9.10. The quantitative estimate of drug-likeness (QED) is 0.702. The van der Waals surface area contributed by atoms with Gasteiger partial charge in [0, 0.05) is 5.69 Å². The largest absolute Gasteiger partial charge is 0.484 e. The van der Waals surface area contributed by atoms with Crippen LogP contribution in [0.2, 0.25) is 0 Å². The average molecular weight is 394 g/mol. The number of ether oxygens (including phenoxy) is 2. The normalized spacial score (nSPS) is 10.4. The van der Waals surface area contributed by atoms with Gasteiger partial charge in [0.05, 0.1) is 7.11 Å². The second-order valence-electron chi connectivity index (χ2n) is 4.53. The standard InChI is InChI=1S/C15H12BrN3O5/c1-21-15(20)17-9-2-4-10(5-3-9)22-8-13-18-19-14(24-13)11-6-7-12(16)23-11/h2-7H,8H2,1H3,(H,17,20). The van der Waals surface area contributed by atoms with E-state index in [0.29, 0.717) is 27.8 Å². The van der Waals surface area contributed by atoms with Gasteiger partial charge >= 0.3 is 6.09 Å². The zero-order valence-corrected chi connectivity index (χ0v) is 14.1. The van der Waals surface area contributed by atoms with Gasteiger partial charge in [0.25, 0.3) is 11.8 Å². The summed E-state index contributed by atoms with van der Waals surface area (Å²) < 4.78 is 21.4. The number of furan rings is 1. The first kappa shape index (κ1) is 16.1. The fourth-order valence-electron chi connectivity index (χ4n) is 1.79. The number of amides is 1. The molecule has 9 heteroatoms. The van der Waals surface area contributed by atoms with Crippen LogP contribution in [0.5, 0.6) is 5.75 Å². The monoisotopic (exact) mass is 393 g/mol.